The molecule has 1 aliphatic rings. The van der Waals surface area contributed by atoms with Crippen LogP contribution in [0.15, 0.2) is 22.7 Å². The Labute approximate surface area is 206 Å². The van der Waals surface area contributed by atoms with Crippen LogP contribution in [0, 0.1) is 19.8 Å². The van der Waals surface area contributed by atoms with E-state index in [1.165, 1.54) is 16.7 Å². The fourth-order valence-electron chi connectivity index (χ4n) is 4.70. The molecule has 1 aromatic carbocycles. The predicted molar refractivity (Wildman–Crippen MR) is 132 cm³/mol. The molecular weight excluding hydrogens is 446 g/mol. The number of rotatable bonds is 9. The highest BCUT2D eigenvalue weighted by Gasteiger charge is 2.24. The van der Waals surface area contributed by atoms with Gasteiger partial charge in [0.1, 0.15) is 0 Å². The monoisotopic (exact) mass is 481 g/mol. The lowest BCUT2D eigenvalue weighted by Crippen LogP contribution is -2.37. The van der Waals surface area contributed by atoms with Gasteiger partial charge in [0.05, 0.1) is 12.0 Å². The molecule has 0 aliphatic carbocycles. The van der Waals surface area contributed by atoms with Crippen molar-refractivity contribution in [3.8, 4) is 28.9 Å². The highest BCUT2D eigenvalue weighted by atomic mass is 16.5. The van der Waals surface area contributed by atoms with Crippen molar-refractivity contribution in [1.82, 2.24) is 24.8 Å². The molecule has 9 heteroatoms. The molecular formula is C26H35N5O4. The van der Waals surface area contributed by atoms with E-state index in [0.29, 0.717) is 29.8 Å². The Morgan fingerprint density at radius 3 is 2.49 bits per heavy atom. The summed E-state index contributed by atoms with van der Waals surface area (Å²) in [5.41, 5.74) is 5.20. The van der Waals surface area contributed by atoms with Gasteiger partial charge in [-0.3, -0.25) is 4.79 Å². The standard InChI is InChI=1S/C26H35N5O4/c1-6-31-23(34-16(2)3)15-22(28-31)25-27-24(29-35-25)20-13-17(4)21(18(5)14-20)9-12-30-10-7-19(8-11-30)26(32)33/h13-16,19H,6-12H2,1-5H3,(H,32,33). The van der Waals surface area contributed by atoms with Gasteiger partial charge in [-0.1, -0.05) is 5.16 Å². The van der Waals surface area contributed by atoms with Gasteiger partial charge in [-0.05, 0) is 95.8 Å². The highest BCUT2D eigenvalue weighted by Crippen LogP contribution is 2.28. The van der Waals surface area contributed by atoms with Crippen molar-refractivity contribution in [1.29, 1.82) is 0 Å². The molecule has 0 unspecified atom stereocenters. The zero-order chi connectivity index (χ0) is 25.1. The number of likely N-dealkylation sites (tertiary alicyclic amines) is 1. The average molecular weight is 482 g/mol. The molecule has 1 fully saturated rings. The maximum absolute atomic E-state index is 11.2. The fourth-order valence-corrected chi connectivity index (χ4v) is 4.70. The van der Waals surface area contributed by atoms with E-state index < -0.39 is 5.97 Å². The summed E-state index contributed by atoms with van der Waals surface area (Å²) in [5, 5.41) is 18.0. The molecule has 9 nitrogen and oxygen atoms in total. The van der Waals surface area contributed by atoms with Crippen LogP contribution >= 0.6 is 0 Å². The first kappa shape index (κ1) is 24.9. The highest BCUT2D eigenvalue weighted by molar-refractivity contribution is 5.70. The minimum atomic E-state index is -0.667. The van der Waals surface area contributed by atoms with Crippen LogP contribution in [0.2, 0.25) is 0 Å². The minimum absolute atomic E-state index is 0.0455. The van der Waals surface area contributed by atoms with Crippen LogP contribution in [0.3, 0.4) is 0 Å². The van der Waals surface area contributed by atoms with E-state index in [2.05, 4.69) is 46.1 Å². The summed E-state index contributed by atoms with van der Waals surface area (Å²) in [5.74, 6) is 0.717. The number of nitrogens with zero attached hydrogens (tertiary/aromatic N) is 5. The van der Waals surface area contributed by atoms with Crippen LogP contribution in [-0.2, 0) is 17.8 Å². The molecule has 0 radical (unpaired) electrons. The first-order valence-corrected chi connectivity index (χ1v) is 12.4. The summed E-state index contributed by atoms with van der Waals surface area (Å²) >= 11 is 0. The second-order valence-corrected chi connectivity index (χ2v) is 9.57. The molecule has 0 saturated carbocycles. The molecule has 1 saturated heterocycles. The molecule has 1 aliphatic heterocycles. The van der Waals surface area contributed by atoms with Gasteiger partial charge in [0.25, 0.3) is 5.89 Å². The van der Waals surface area contributed by atoms with Crippen molar-refractivity contribution in [3.05, 3.63) is 34.9 Å². The largest absolute Gasteiger partial charge is 0.481 e. The van der Waals surface area contributed by atoms with Gasteiger partial charge in [-0.15, -0.1) is 0 Å². The van der Waals surface area contributed by atoms with Gasteiger partial charge in [0.2, 0.25) is 11.7 Å². The topological polar surface area (TPSA) is 107 Å². The SMILES string of the molecule is CCn1nc(-c2nc(-c3cc(C)c(CCN4CCC(C(=O)O)CC4)c(C)c3)no2)cc1OC(C)C. The van der Waals surface area contributed by atoms with Gasteiger partial charge in [-0.2, -0.15) is 10.1 Å². The summed E-state index contributed by atoms with van der Waals surface area (Å²) in [6.45, 7) is 13.5. The number of ether oxygens (including phenoxy) is 1. The van der Waals surface area contributed by atoms with E-state index in [1.807, 2.05) is 26.8 Å². The molecule has 0 spiro atoms. The van der Waals surface area contributed by atoms with E-state index >= 15 is 0 Å². The summed E-state index contributed by atoms with van der Waals surface area (Å²) in [6, 6.07) is 6.04. The molecule has 0 amide bonds. The number of carbonyl (C=O) groups is 1. The third-order valence-electron chi connectivity index (χ3n) is 6.61. The van der Waals surface area contributed by atoms with Gasteiger partial charge in [0.15, 0.2) is 5.69 Å². The minimum Gasteiger partial charge on any atom is -0.481 e. The van der Waals surface area contributed by atoms with E-state index in [4.69, 9.17) is 9.26 Å². The Hall–Kier alpha value is -3.20. The fraction of sp³-hybridized carbons (Fsp3) is 0.538. The first-order valence-electron chi connectivity index (χ1n) is 12.4. The van der Waals surface area contributed by atoms with Crippen molar-refractivity contribution >= 4 is 5.97 Å². The van der Waals surface area contributed by atoms with E-state index in [0.717, 1.165) is 44.5 Å². The molecule has 35 heavy (non-hydrogen) atoms. The van der Waals surface area contributed by atoms with Gasteiger partial charge < -0.3 is 19.3 Å². The lowest BCUT2D eigenvalue weighted by molar-refractivity contribution is -0.143. The van der Waals surface area contributed by atoms with Crippen molar-refractivity contribution in [3.63, 3.8) is 0 Å². The molecule has 2 aromatic heterocycles. The summed E-state index contributed by atoms with van der Waals surface area (Å²) < 4.78 is 13.2. The van der Waals surface area contributed by atoms with E-state index in [-0.39, 0.29) is 12.0 Å². The van der Waals surface area contributed by atoms with E-state index in [1.54, 1.807) is 4.68 Å². The van der Waals surface area contributed by atoms with Crippen molar-refractivity contribution in [2.24, 2.45) is 5.92 Å². The second-order valence-electron chi connectivity index (χ2n) is 9.57. The number of aromatic nitrogens is 4. The molecule has 3 heterocycles. The molecule has 1 N–H and O–H groups in total. The quantitative estimate of drug-likeness (QED) is 0.480. The Balaban J connectivity index is 1.46. The summed E-state index contributed by atoms with van der Waals surface area (Å²) in [7, 11) is 0. The summed E-state index contributed by atoms with van der Waals surface area (Å²) in [6.07, 6.45) is 2.44. The average Bonchev–Trinajstić information content (AvgIpc) is 3.45. The molecule has 4 rings (SSSR count). The summed E-state index contributed by atoms with van der Waals surface area (Å²) in [4.78, 5) is 18.2. The first-order chi connectivity index (χ1) is 16.7. The third-order valence-corrected chi connectivity index (χ3v) is 6.61. The van der Waals surface area contributed by atoms with Crippen LogP contribution in [0.1, 0.15) is 50.3 Å². The van der Waals surface area contributed by atoms with Crippen LogP contribution in [0.25, 0.3) is 23.0 Å². The Morgan fingerprint density at radius 1 is 1.20 bits per heavy atom. The number of hydrogen-bond donors (Lipinski definition) is 1. The van der Waals surface area contributed by atoms with Crippen LogP contribution < -0.4 is 4.74 Å². The maximum Gasteiger partial charge on any atom is 0.306 e. The number of benzene rings is 1. The Bertz CT molecular complexity index is 1150. The maximum atomic E-state index is 11.2. The second kappa shape index (κ2) is 10.6. The van der Waals surface area contributed by atoms with Crippen LogP contribution in [0.4, 0.5) is 0 Å². The van der Waals surface area contributed by atoms with Crippen molar-refractivity contribution < 1.29 is 19.2 Å². The lowest BCUT2D eigenvalue weighted by atomic mass is 9.94. The lowest BCUT2D eigenvalue weighted by Gasteiger charge is -2.30. The zero-order valence-electron chi connectivity index (χ0n) is 21.2. The molecule has 3 aromatic rings. The number of hydrogen-bond acceptors (Lipinski definition) is 7. The van der Waals surface area contributed by atoms with Gasteiger partial charge >= 0.3 is 5.97 Å². The third kappa shape index (κ3) is 5.73. The Morgan fingerprint density at radius 2 is 1.89 bits per heavy atom. The van der Waals surface area contributed by atoms with Crippen LogP contribution in [-0.4, -0.2) is 61.6 Å². The smallest absolute Gasteiger partial charge is 0.306 e. The number of piperidine rings is 1. The number of aliphatic carboxylic acids is 1. The van der Waals surface area contributed by atoms with E-state index in [9.17, 15) is 9.90 Å². The normalized spacial score (nSPS) is 15.1. The van der Waals surface area contributed by atoms with Gasteiger partial charge in [0, 0.05) is 24.7 Å². The van der Waals surface area contributed by atoms with Crippen LogP contribution in [0.5, 0.6) is 5.88 Å². The number of aryl methyl sites for hydroxylation is 3. The number of carboxylic acid groups (broad SMARTS) is 1. The van der Waals surface area contributed by atoms with Gasteiger partial charge in [-0.25, -0.2) is 4.68 Å². The molecule has 188 valence electrons. The number of carboxylic acids is 1. The molecule has 0 bridgehead atoms. The van der Waals surface area contributed by atoms with Crippen molar-refractivity contribution in [2.75, 3.05) is 19.6 Å². The molecule has 0 atom stereocenters. The van der Waals surface area contributed by atoms with Crippen molar-refractivity contribution in [2.45, 2.75) is 66.5 Å². The predicted octanol–water partition coefficient (Wildman–Crippen LogP) is 4.36. The zero-order valence-corrected chi connectivity index (χ0v) is 21.2. The Kier molecular flexibility index (Phi) is 7.54.